The molecule has 0 heterocycles. The summed E-state index contributed by atoms with van der Waals surface area (Å²) in [6.45, 7) is 2.91. The first-order valence-corrected chi connectivity index (χ1v) is 7.31. The van der Waals surface area contributed by atoms with Crippen LogP contribution in [0.3, 0.4) is 0 Å². The van der Waals surface area contributed by atoms with Gasteiger partial charge in [0, 0.05) is 18.2 Å². The summed E-state index contributed by atoms with van der Waals surface area (Å²) < 4.78 is 0. The van der Waals surface area contributed by atoms with E-state index in [1.165, 1.54) is 37.5 Å². The zero-order chi connectivity index (χ0) is 15.4. The summed E-state index contributed by atoms with van der Waals surface area (Å²) >= 11 is 0. The van der Waals surface area contributed by atoms with Crippen molar-refractivity contribution in [2.75, 3.05) is 11.9 Å². The Labute approximate surface area is 123 Å². The molecule has 0 saturated heterocycles. The quantitative estimate of drug-likeness (QED) is 0.643. The summed E-state index contributed by atoms with van der Waals surface area (Å²) in [5.41, 5.74) is 5.86. The number of carbonyl (C=O) groups is 1. The second kappa shape index (κ2) is 6.56. The van der Waals surface area contributed by atoms with Gasteiger partial charge in [0.2, 0.25) is 5.91 Å². The number of anilines is 1. The molecule has 1 aromatic carbocycles. The van der Waals surface area contributed by atoms with Gasteiger partial charge in [-0.3, -0.25) is 14.9 Å². The molecule has 1 fully saturated rings. The fraction of sp³-hybridized carbons (Fsp3) is 0.533. The number of nitrogens with two attached hydrogens (primary N) is 1. The van der Waals surface area contributed by atoms with Gasteiger partial charge < -0.3 is 11.1 Å². The van der Waals surface area contributed by atoms with Crippen LogP contribution in [-0.2, 0) is 0 Å². The van der Waals surface area contributed by atoms with Crippen LogP contribution in [0.25, 0.3) is 0 Å². The van der Waals surface area contributed by atoms with Gasteiger partial charge in [-0.15, -0.1) is 0 Å². The topological polar surface area (TPSA) is 98.3 Å². The highest BCUT2D eigenvalue weighted by atomic mass is 16.6. The molecule has 1 saturated carbocycles. The van der Waals surface area contributed by atoms with Gasteiger partial charge in [-0.1, -0.05) is 26.2 Å². The first-order valence-electron chi connectivity index (χ1n) is 7.31. The highest BCUT2D eigenvalue weighted by molar-refractivity contribution is 5.94. The van der Waals surface area contributed by atoms with Crippen LogP contribution < -0.4 is 11.1 Å². The van der Waals surface area contributed by atoms with Crippen LogP contribution in [-0.4, -0.2) is 17.4 Å². The molecule has 0 aliphatic heterocycles. The standard InChI is InChI=1S/C15H21N3O3/c1-10-4-2-3-5-12(10)9-17-13-8-11(15(16)19)6-7-14(13)18(20)21/h6-8,10,12,17H,2-5,9H2,1H3,(H2,16,19). The smallest absolute Gasteiger partial charge is 0.292 e. The van der Waals surface area contributed by atoms with E-state index in [-0.39, 0.29) is 11.3 Å². The average Bonchev–Trinajstić information content (AvgIpc) is 2.46. The molecule has 1 aromatic rings. The molecule has 6 nitrogen and oxygen atoms in total. The fourth-order valence-electron chi connectivity index (χ4n) is 2.93. The lowest BCUT2D eigenvalue weighted by molar-refractivity contribution is -0.384. The Bertz CT molecular complexity index is 545. The van der Waals surface area contributed by atoms with Crippen molar-refractivity contribution in [2.45, 2.75) is 32.6 Å². The minimum absolute atomic E-state index is 0.0246. The van der Waals surface area contributed by atoms with Crippen molar-refractivity contribution in [3.8, 4) is 0 Å². The van der Waals surface area contributed by atoms with E-state index < -0.39 is 10.8 Å². The Hall–Kier alpha value is -2.11. The van der Waals surface area contributed by atoms with E-state index in [4.69, 9.17) is 5.73 Å². The van der Waals surface area contributed by atoms with Crippen molar-refractivity contribution in [3.05, 3.63) is 33.9 Å². The first-order chi connectivity index (χ1) is 9.99. The number of nitrogens with zero attached hydrogens (tertiary/aromatic N) is 1. The molecule has 1 aliphatic rings. The summed E-state index contributed by atoms with van der Waals surface area (Å²) in [5.74, 6) is 0.541. The summed E-state index contributed by atoms with van der Waals surface area (Å²) in [6, 6.07) is 4.18. The third-order valence-electron chi connectivity index (χ3n) is 4.32. The van der Waals surface area contributed by atoms with Crippen LogP contribution in [0, 0.1) is 22.0 Å². The zero-order valence-electron chi connectivity index (χ0n) is 12.2. The van der Waals surface area contributed by atoms with Gasteiger partial charge in [0.05, 0.1) is 4.92 Å². The van der Waals surface area contributed by atoms with E-state index in [0.717, 1.165) is 6.42 Å². The molecule has 114 valence electrons. The summed E-state index contributed by atoms with van der Waals surface area (Å²) in [4.78, 5) is 21.8. The maximum absolute atomic E-state index is 11.2. The van der Waals surface area contributed by atoms with Crippen molar-refractivity contribution >= 4 is 17.3 Å². The molecule has 1 amide bonds. The summed E-state index contributed by atoms with van der Waals surface area (Å²) in [6.07, 6.45) is 4.81. The van der Waals surface area contributed by atoms with Crippen LogP contribution in [0.5, 0.6) is 0 Å². The first kappa shape index (κ1) is 15.3. The number of nitro benzene ring substituents is 1. The molecule has 1 aliphatic carbocycles. The van der Waals surface area contributed by atoms with Crippen LogP contribution >= 0.6 is 0 Å². The lowest BCUT2D eigenvalue weighted by Crippen LogP contribution is -2.24. The minimum Gasteiger partial charge on any atom is -0.379 e. The lowest BCUT2D eigenvalue weighted by atomic mass is 9.80. The predicted molar refractivity (Wildman–Crippen MR) is 81.2 cm³/mol. The molecule has 21 heavy (non-hydrogen) atoms. The van der Waals surface area contributed by atoms with Crippen LogP contribution in [0.15, 0.2) is 18.2 Å². The highest BCUT2D eigenvalue weighted by Gasteiger charge is 2.22. The normalized spacial score (nSPS) is 21.8. The van der Waals surface area contributed by atoms with Crippen LogP contribution in [0.2, 0.25) is 0 Å². The van der Waals surface area contributed by atoms with E-state index in [1.54, 1.807) is 0 Å². The van der Waals surface area contributed by atoms with Crippen LogP contribution in [0.1, 0.15) is 43.0 Å². The van der Waals surface area contributed by atoms with E-state index >= 15 is 0 Å². The maximum Gasteiger partial charge on any atom is 0.292 e. The molecule has 0 radical (unpaired) electrons. The van der Waals surface area contributed by atoms with E-state index in [9.17, 15) is 14.9 Å². The number of rotatable bonds is 5. The molecule has 3 N–H and O–H groups in total. The number of amides is 1. The lowest BCUT2D eigenvalue weighted by Gasteiger charge is -2.29. The Kier molecular flexibility index (Phi) is 4.77. The second-order valence-corrected chi connectivity index (χ2v) is 5.76. The Morgan fingerprint density at radius 3 is 2.76 bits per heavy atom. The second-order valence-electron chi connectivity index (χ2n) is 5.76. The Morgan fingerprint density at radius 2 is 2.14 bits per heavy atom. The maximum atomic E-state index is 11.2. The van der Waals surface area contributed by atoms with Crippen molar-refractivity contribution in [3.63, 3.8) is 0 Å². The van der Waals surface area contributed by atoms with Gasteiger partial charge >= 0.3 is 0 Å². The van der Waals surface area contributed by atoms with Gasteiger partial charge in [-0.25, -0.2) is 0 Å². The summed E-state index contributed by atoms with van der Waals surface area (Å²) in [5, 5.41) is 14.2. The number of hydrogen-bond acceptors (Lipinski definition) is 4. The molecule has 0 bridgehead atoms. The highest BCUT2D eigenvalue weighted by Crippen LogP contribution is 2.31. The monoisotopic (exact) mass is 291 g/mol. The van der Waals surface area contributed by atoms with Crippen molar-refractivity contribution in [1.82, 2.24) is 0 Å². The van der Waals surface area contributed by atoms with E-state index in [1.807, 2.05) is 0 Å². The number of hydrogen-bond donors (Lipinski definition) is 2. The van der Waals surface area contributed by atoms with Crippen molar-refractivity contribution in [2.24, 2.45) is 17.6 Å². The number of benzene rings is 1. The SMILES string of the molecule is CC1CCCCC1CNc1cc(C(N)=O)ccc1[N+](=O)[O-]. The largest absolute Gasteiger partial charge is 0.379 e. The molecule has 0 aromatic heterocycles. The molecular weight excluding hydrogens is 270 g/mol. The minimum atomic E-state index is -0.584. The van der Waals surface area contributed by atoms with E-state index in [0.29, 0.717) is 24.1 Å². The number of carbonyl (C=O) groups excluding carboxylic acids is 1. The van der Waals surface area contributed by atoms with Crippen molar-refractivity contribution in [1.29, 1.82) is 0 Å². The van der Waals surface area contributed by atoms with Crippen LogP contribution in [0.4, 0.5) is 11.4 Å². The van der Waals surface area contributed by atoms with E-state index in [2.05, 4.69) is 12.2 Å². The van der Waals surface area contributed by atoms with Crippen molar-refractivity contribution < 1.29 is 9.72 Å². The van der Waals surface area contributed by atoms with Gasteiger partial charge in [0.25, 0.3) is 5.69 Å². The third-order valence-corrected chi connectivity index (χ3v) is 4.32. The molecule has 6 heteroatoms. The van der Waals surface area contributed by atoms with Gasteiger partial charge in [0.15, 0.2) is 0 Å². The average molecular weight is 291 g/mol. The van der Waals surface area contributed by atoms with Gasteiger partial charge in [-0.05, 0) is 30.4 Å². The van der Waals surface area contributed by atoms with Gasteiger partial charge in [0.1, 0.15) is 5.69 Å². The number of nitro groups is 1. The van der Waals surface area contributed by atoms with Gasteiger partial charge in [-0.2, -0.15) is 0 Å². The molecular formula is C15H21N3O3. The number of nitrogens with one attached hydrogen (secondary N) is 1. The Balaban J connectivity index is 2.14. The molecule has 2 rings (SSSR count). The fourth-order valence-corrected chi connectivity index (χ4v) is 2.93. The molecule has 0 spiro atoms. The summed E-state index contributed by atoms with van der Waals surface area (Å²) in [7, 11) is 0. The number of primary amides is 1. The third kappa shape index (κ3) is 3.71. The Morgan fingerprint density at radius 1 is 1.43 bits per heavy atom. The molecule has 2 unspecified atom stereocenters. The predicted octanol–water partition coefficient (Wildman–Crippen LogP) is 2.93. The zero-order valence-corrected chi connectivity index (χ0v) is 12.2. The molecule has 2 atom stereocenters.